The number of fused-ring (bicyclic) bond motifs is 1. The monoisotopic (exact) mass is 251 g/mol. The number of allylic oxidation sites excluding steroid dienone is 1. The van der Waals surface area contributed by atoms with E-state index in [0.29, 0.717) is 12.0 Å². The van der Waals surface area contributed by atoms with Gasteiger partial charge in [-0.25, -0.2) is 0 Å². The van der Waals surface area contributed by atoms with Crippen molar-refractivity contribution in [3.63, 3.8) is 0 Å². The largest absolute Gasteiger partial charge is 0.350 e. The first kappa shape index (κ1) is 12.2. The minimum absolute atomic E-state index is 0.0386. The second kappa shape index (κ2) is 4.35. The average Bonchev–Trinajstić information content (AvgIpc) is 2.92. The van der Waals surface area contributed by atoms with Crippen LogP contribution in [0.5, 0.6) is 0 Å². The third-order valence-corrected chi connectivity index (χ3v) is 3.80. The SMILES string of the molecule is CC1(C)O[C@H]2CC(/C=C/C(=O)NC3CC3)C[C@H]2O1. The van der Waals surface area contributed by atoms with Crippen LogP contribution in [0.25, 0.3) is 0 Å². The van der Waals surface area contributed by atoms with Crippen molar-refractivity contribution in [3.8, 4) is 0 Å². The van der Waals surface area contributed by atoms with Gasteiger partial charge in [0.05, 0.1) is 12.2 Å². The third kappa shape index (κ3) is 2.75. The number of nitrogens with one attached hydrogen (secondary N) is 1. The maximum atomic E-state index is 11.5. The molecular weight excluding hydrogens is 230 g/mol. The Labute approximate surface area is 108 Å². The van der Waals surface area contributed by atoms with Crippen LogP contribution in [0.3, 0.4) is 0 Å². The van der Waals surface area contributed by atoms with Crippen molar-refractivity contribution in [2.24, 2.45) is 5.92 Å². The molecule has 3 fully saturated rings. The Bertz CT molecular complexity index is 357. The summed E-state index contributed by atoms with van der Waals surface area (Å²) < 4.78 is 11.7. The van der Waals surface area contributed by atoms with Crippen LogP contribution in [0, 0.1) is 5.92 Å². The van der Waals surface area contributed by atoms with Gasteiger partial charge in [0.2, 0.25) is 5.91 Å². The van der Waals surface area contributed by atoms with Crippen molar-refractivity contribution >= 4 is 5.91 Å². The first-order valence-electron chi connectivity index (χ1n) is 6.86. The fourth-order valence-corrected chi connectivity index (χ4v) is 2.86. The molecule has 0 aromatic rings. The molecule has 1 aliphatic heterocycles. The van der Waals surface area contributed by atoms with Crippen LogP contribution < -0.4 is 5.32 Å². The fraction of sp³-hybridized carbons (Fsp3) is 0.786. The number of rotatable bonds is 3. The number of carbonyl (C=O) groups is 1. The molecule has 0 aromatic heterocycles. The summed E-state index contributed by atoms with van der Waals surface area (Å²) in [7, 11) is 0. The molecule has 0 radical (unpaired) electrons. The normalized spacial score (nSPS) is 38.0. The lowest BCUT2D eigenvalue weighted by Crippen LogP contribution is -2.24. The highest BCUT2D eigenvalue weighted by Crippen LogP contribution is 2.41. The van der Waals surface area contributed by atoms with Crippen molar-refractivity contribution in [3.05, 3.63) is 12.2 Å². The zero-order valence-electron chi connectivity index (χ0n) is 11.0. The number of hydrogen-bond donors (Lipinski definition) is 1. The minimum Gasteiger partial charge on any atom is -0.350 e. The molecule has 3 aliphatic rings. The molecule has 1 unspecified atom stereocenters. The van der Waals surface area contributed by atoms with E-state index in [1.165, 1.54) is 0 Å². The molecule has 2 aliphatic carbocycles. The lowest BCUT2D eigenvalue weighted by atomic mass is 10.1. The van der Waals surface area contributed by atoms with Crippen LogP contribution in [0.2, 0.25) is 0 Å². The van der Waals surface area contributed by atoms with Gasteiger partial charge in [-0.2, -0.15) is 0 Å². The van der Waals surface area contributed by atoms with Crippen molar-refractivity contribution in [2.45, 2.75) is 63.6 Å². The third-order valence-electron chi connectivity index (χ3n) is 3.80. The van der Waals surface area contributed by atoms with Crippen LogP contribution in [0.1, 0.15) is 39.5 Å². The summed E-state index contributed by atoms with van der Waals surface area (Å²) in [6.45, 7) is 3.92. The van der Waals surface area contributed by atoms with E-state index in [9.17, 15) is 4.79 Å². The van der Waals surface area contributed by atoms with Crippen LogP contribution in [-0.2, 0) is 14.3 Å². The molecule has 2 saturated carbocycles. The molecule has 100 valence electrons. The first-order chi connectivity index (χ1) is 8.52. The predicted octanol–water partition coefficient (Wildman–Crippen LogP) is 1.75. The number of ether oxygens (including phenoxy) is 2. The molecule has 4 heteroatoms. The summed E-state index contributed by atoms with van der Waals surface area (Å²) >= 11 is 0. The van der Waals surface area contributed by atoms with E-state index in [1.54, 1.807) is 6.08 Å². The molecule has 3 atom stereocenters. The molecule has 18 heavy (non-hydrogen) atoms. The molecule has 0 aromatic carbocycles. The summed E-state index contributed by atoms with van der Waals surface area (Å²) in [5, 5.41) is 2.95. The molecule has 3 rings (SSSR count). The van der Waals surface area contributed by atoms with E-state index >= 15 is 0 Å². The Balaban J connectivity index is 1.48. The minimum atomic E-state index is -0.437. The summed E-state index contributed by atoms with van der Waals surface area (Å²) in [6.07, 6.45) is 8.25. The molecule has 0 bridgehead atoms. The number of hydrogen-bond acceptors (Lipinski definition) is 3. The smallest absolute Gasteiger partial charge is 0.243 e. The quantitative estimate of drug-likeness (QED) is 0.777. The Morgan fingerprint density at radius 2 is 1.83 bits per heavy atom. The van der Waals surface area contributed by atoms with E-state index in [0.717, 1.165) is 25.7 Å². The van der Waals surface area contributed by atoms with Gasteiger partial charge < -0.3 is 14.8 Å². The molecule has 1 amide bonds. The zero-order valence-corrected chi connectivity index (χ0v) is 11.0. The van der Waals surface area contributed by atoms with E-state index < -0.39 is 5.79 Å². The van der Waals surface area contributed by atoms with Gasteiger partial charge in [0.15, 0.2) is 5.79 Å². The van der Waals surface area contributed by atoms with Crippen molar-refractivity contribution < 1.29 is 14.3 Å². The van der Waals surface area contributed by atoms with Crippen molar-refractivity contribution in [1.29, 1.82) is 0 Å². The number of amides is 1. The topological polar surface area (TPSA) is 47.6 Å². The van der Waals surface area contributed by atoms with Gasteiger partial charge in [-0.05, 0) is 51.5 Å². The van der Waals surface area contributed by atoms with Crippen LogP contribution >= 0.6 is 0 Å². The summed E-state index contributed by atoms with van der Waals surface area (Å²) in [6, 6.07) is 0.428. The van der Waals surface area contributed by atoms with E-state index in [2.05, 4.69) is 5.32 Å². The van der Waals surface area contributed by atoms with Crippen LogP contribution in [-0.4, -0.2) is 29.9 Å². The lowest BCUT2D eigenvalue weighted by Gasteiger charge is -2.19. The lowest BCUT2D eigenvalue weighted by molar-refractivity contribution is -0.152. The number of carbonyl (C=O) groups excluding carboxylic acids is 1. The molecular formula is C14H21NO3. The highest BCUT2D eigenvalue weighted by molar-refractivity contribution is 5.87. The molecule has 4 nitrogen and oxygen atoms in total. The van der Waals surface area contributed by atoms with E-state index in [1.807, 2.05) is 19.9 Å². The highest BCUT2D eigenvalue weighted by Gasteiger charge is 2.46. The second-order valence-corrected chi connectivity index (χ2v) is 6.09. The predicted molar refractivity (Wildman–Crippen MR) is 66.9 cm³/mol. The van der Waals surface area contributed by atoms with Crippen LogP contribution in [0.4, 0.5) is 0 Å². The van der Waals surface area contributed by atoms with Crippen molar-refractivity contribution in [1.82, 2.24) is 5.32 Å². The summed E-state index contributed by atoms with van der Waals surface area (Å²) in [5.41, 5.74) is 0. The Morgan fingerprint density at radius 1 is 1.22 bits per heavy atom. The van der Waals surface area contributed by atoms with E-state index in [4.69, 9.17) is 9.47 Å². The molecule has 1 heterocycles. The van der Waals surface area contributed by atoms with Gasteiger partial charge in [-0.15, -0.1) is 0 Å². The zero-order chi connectivity index (χ0) is 12.8. The summed E-state index contributed by atoms with van der Waals surface area (Å²) in [4.78, 5) is 11.5. The van der Waals surface area contributed by atoms with Crippen molar-refractivity contribution in [2.75, 3.05) is 0 Å². The van der Waals surface area contributed by atoms with Gasteiger partial charge in [0, 0.05) is 6.04 Å². The van der Waals surface area contributed by atoms with Gasteiger partial charge >= 0.3 is 0 Å². The maximum Gasteiger partial charge on any atom is 0.243 e. The van der Waals surface area contributed by atoms with Gasteiger partial charge in [-0.3, -0.25) is 4.79 Å². The summed E-state index contributed by atoms with van der Waals surface area (Å²) in [5.74, 6) is 0.00525. The van der Waals surface area contributed by atoms with Crippen LogP contribution in [0.15, 0.2) is 12.2 Å². The Kier molecular flexibility index (Phi) is 2.94. The molecule has 1 N–H and O–H groups in total. The molecule has 1 saturated heterocycles. The Morgan fingerprint density at radius 3 is 2.39 bits per heavy atom. The van der Waals surface area contributed by atoms with Gasteiger partial charge in [0.1, 0.15) is 0 Å². The highest BCUT2D eigenvalue weighted by atomic mass is 16.8. The van der Waals surface area contributed by atoms with Gasteiger partial charge in [0.25, 0.3) is 0 Å². The standard InChI is InChI=1S/C14H21NO3/c1-14(2)17-11-7-9(8-12(11)18-14)3-6-13(16)15-10-4-5-10/h3,6,9-12H,4-5,7-8H2,1-2H3,(H,15,16)/b6-3+/t9?,11-,12+. The first-order valence-corrected chi connectivity index (χ1v) is 6.86. The molecule has 0 spiro atoms. The second-order valence-electron chi connectivity index (χ2n) is 6.09. The van der Waals surface area contributed by atoms with Gasteiger partial charge in [-0.1, -0.05) is 6.08 Å². The Hall–Kier alpha value is -0.870. The maximum absolute atomic E-state index is 11.5. The fourth-order valence-electron chi connectivity index (χ4n) is 2.86. The van der Waals surface area contributed by atoms with E-state index in [-0.39, 0.29) is 18.1 Å². The average molecular weight is 251 g/mol.